The molecule has 0 aliphatic heterocycles. The van der Waals surface area contributed by atoms with Gasteiger partial charge in [-0.1, -0.05) is 71.8 Å². The molecule has 3 rings (SSSR count). The van der Waals surface area contributed by atoms with E-state index in [1.54, 1.807) is 12.1 Å². The summed E-state index contributed by atoms with van der Waals surface area (Å²) in [6.07, 6.45) is 10.4. The Morgan fingerprint density at radius 3 is 2.34 bits per heavy atom. The zero-order valence-electron chi connectivity index (χ0n) is 23.3. The van der Waals surface area contributed by atoms with Crippen molar-refractivity contribution in [1.82, 2.24) is 9.97 Å². The molecule has 2 atom stereocenters. The highest BCUT2D eigenvalue weighted by atomic mass is 19.3. The van der Waals surface area contributed by atoms with Crippen molar-refractivity contribution in [3.63, 3.8) is 0 Å². The topological polar surface area (TPSA) is 35.0 Å². The van der Waals surface area contributed by atoms with Crippen LogP contribution in [0, 0.1) is 23.7 Å². The van der Waals surface area contributed by atoms with Crippen molar-refractivity contribution < 1.29 is 22.3 Å². The fourth-order valence-electron chi connectivity index (χ4n) is 5.40. The van der Waals surface area contributed by atoms with Gasteiger partial charge in [0, 0.05) is 24.7 Å². The number of pyridine rings is 2. The van der Waals surface area contributed by atoms with Crippen molar-refractivity contribution in [2.45, 2.75) is 110 Å². The fraction of sp³-hybridized carbons (Fsp3) is 0.677. The van der Waals surface area contributed by atoms with Gasteiger partial charge in [0.05, 0.1) is 17.0 Å². The third-order valence-corrected chi connectivity index (χ3v) is 7.71. The molecule has 0 amide bonds. The number of hydrogen-bond donors (Lipinski definition) is 0. The molecule has 0 spiro atoms. The van der Waals surface area contributed by atoms with Gasteiger partial charge in [0.1, 0.15) is 0 Å². The van der Waals surface area contributed by atoms with Crippen LogP contribution in [0.25, 0.3) is 11.4 Å². The van der Waals surface area contributed by atoms with Gasteiger partial charge in [-0.05, 0) is 62.1 Å². The molecule has 7 heteroatoms. The van der Waals surface area contributed by atoms with E-state index in [1.165, 1.54) is 6.07 Å². The van der Waals surface area contributed by atoms with Gasteiger partial charge in [-0.15, -0.1) is 0 Å². The van der Waals surface area contributed by atoms with Gasteiger partial charge in [-0.2, -0.15) is 8.78 Å². The molecule has 212 valence electrons. The summed E-state index contributed by atoms with van der Waals surface area (Å²) >= 11 is 0. The maximum atomic E-state index is 15.4. The smallest absolute Gasteiger partial charge is 0.280 e. The minimum atomic E-state index is -3.28. The molecule has 0 radical (unpaired) electrons. The Morgan fingerprint density at radius 2 is 1.63 bits per heavy atom. The molecular formula is C31H44F4N2O. The van der Waals surface area contributed by atoms with E-state index in [0.717, 1.165) is 58.0 Å². The number of hydrogen-bond acceptors (Lipinski definition) is 3. The van der Waals surface area contributed by atoms with Gasteiger partial charge in [-0.25, -0.2) is 18.7 Å². The van der Waals surface area contributed by atoms with Crippen LogP contribution in [-0.4, -0.2) is 23.2 Å². The van der Waals surface area contributed by atoms with Crippen molar-refractivity contribution in [3.05, 3.63) is 46.8 Å². The first kappa shape index (κ1) is 30.5. The molecule has 1 aliphatic carbocycles. The van der Waals surface area contributed by atoms with E-state index in [0.29, 0.717) is 43.8 Å². The molecular weight excluding hydrogens is 492 g/mol. The Labute approximate surface area is 225 Å². The van der Waals surface area contributed by atoms with Crippen molar-refractivity contribution in [2.75, 3.05) is 13.2 Å². The average molecular weight is 537 g/mol. The lowest BCUT2D eigenvalue weighted by Crippen LogP contribution is -2.33. The van der Waals surface area contributed by atoms with Crippen LogP contribution < -0.4 is 0 Å². The molecule has 2 unspecified atom stereocenters. The van der Waals surface area contributed by atoms with Gasteiger partial charge in [-0.3, -0.25) is 0 Å². The molecule has 1 aliphatic rings. The van der Waals surface area contributed by atoms with Crippen LogP contribution in [0.15, 0.2) is 18.2 Å². The lowest BCUT2D eigenvalue weighted by molar-refractivity contribution is -0.0825. The standard InChI is InChI=1S/C31H44F4N2O/c1-4-6-10-18-38-19-11-8-9-13-25-16-14-23-21-27(37-30(33)28(23)31(25,34)35)26-17-15-24(29(32)36-26)20-22(3)12-7-5-2/h15,17,21-22,25H,4-14,16,18-20H2,1-3H3. The van der Waals surface area contributed by atoms with E-state index in [2.05, 4.69) is 30.7 Å². The number of rotatable bonds is 16. The van der Waals surface area contributed by atoms with Crippen molar-refractivity contribution >= 4 is 0 Å². The minimum absolute atomic E-state index is 0.0962. The van der Waals surface area contributed by atoms with Crippen molar-refractivity contribution in [3.8, 4) is 11.4 Å². The Kier molecular flexibility index (Phi) is 12.0. The summed E-state index contributed by atoms with van der Waals surface area (Å²) in [4.78, 5) is 7.83. The molecule has 0 aromatic carbocycles. The zero-order valence-corrected chi connectivity index (χ0v) is 23.3. The average Bonchev–Trinajstić information content (AvgIpc) is 2.88. The number of ether oxygens (including phenoxy) is 1. The lowest BCUT2D eigenvalue weighted by atomic mass is 9.78. The highest BCUT2D eigenvalue weighted by molar-refractivity contribution is 5.57. The first-order valence-electron chi connectivity index (χ1n) is 14.6. The number of fused-ring (bicyclic) bond motifs is 1. The molecule has 0 saturated carbocycles. The van der Waals surface area contributed by atoms with Crippen LogP contribution >= 0.6 is 0 Å². The van der Waals surface area contributed by atoms with E-state index < -0.39 is 29.3 Å². The quantitative estimate of drug-likeness (QED) is 0.122. The lowest BCUT2D eigenvalue weighted by Gasteiger charge is -2.33. The number of nitrogens with zero attached hydrogens (tertiary/aromatic N) is 2. The summed E-state index contributed by atoms with van der Waals surface area (Å²) < 4.78 is 66.1. The van der Waals surface area contributed by atoms with Crippen LogP contribution in [0.4, 0.5) is 17.6 Å². The summed E-state index contributed by atoms with van der Waals surface area (Å²) in [7, 11) is 0. The predicted molar refractivity (Wildman–Crippen MR) is 144 cm³/mol. The maximum absolute atomic E-state index is 15.4. The second kappa shape index (κ2) is 14.9. The van der Waals surface area contributed by atoms with Gasteiger partial charge >= 0.3 is 0 Å². The normalized spacial score (nSPS) is 17.4. The van der Waals surface area contributed by atoms with E-state index >= 15 is 13.2 Å². The van der Waals surface area contributed by atoms with E-state index in [4.69, 9.17) is 4.74 Å². The number of unbranched alkanes of at least 4 members (excludes halogenated alkanes) is 5. The summed E-state index contributed by atoms with van der Waals surface area (Å²) in [6, 6.07) is 4.72. The summed E-state index contributed by atoms with van der Waals surface area (Å²) in [5, 5.41) is 0. The highest BCUT2D eigenvalue weighted by Gasteiger charge is 2.47. The molecule has 0 fully saturated rings. The maximum Gasteiger partial charge on any atom is 0.280 e. The summed E-state index contributed by atoms with van der Waals surface area (Å²) in [5.41, 5.74) is 0.413. The molecule has 0 bridgehead atoms. The first-order chi connectivity index (χ1) is 18.3. The zero-order chi connectivity index (χ0) is 27.5. The van der Waals surface area contributed by atoms with Crippen LogP contribution in [0.2, 0.25) is 0 Å². The Hall–Kier alpha value is -2.02. The summed E-state index contributed by atoms with van der Waals surface area (Å²) in [5.74, 6) is -5.64. The Morgan fingerprint density at radius 1 is 0.921 bits per heavy atom. The predicted octanol–water partition coefficient (Wildman–Crippen LogP) is 9.21. The van der Waals surface area contributed by atoms with E-state index in [9.17, 15) is 4.39 Å². The summed E-state index contributed by atoms with van der Waals surface area (Å²) in [6.45, 7) is 7.76. The second-order valence-electron chi connectivity index (χ2n) is 11.0. The molecule has 0 saturated heterocycles. The Balaban J connectivity index is 1.61. The first-order valence-corrected chi connectivity index (χ1v) is 14.6. The van der Waals surface area contributed by atoms with Crippen LogP contribution in [0.5, 0.6) is 0 Å². The van der Waals surface area contributed by atoms with Gasteiger partial charge in [0.2, 0.25) is 11.9 Å². The minimum Gasteiger partial charge on any atom is -0.381 e. The van der Waals surface area contributed by atoms with Crippen LogP contribution in [0.3, 0.4) is 0 Å². The fourth-order valence-corrected chi connectivity index (χ4v) is 5.40. The largest absolute Gasteiger partial charge is 0.381 e. The molecule has 3 nitrogen and oxygen atoms in total. The monoisotopic (exact) mass is 536 g/mol. The van der Waals surface area contributed by atoms with E-state index in [1.807, 2.05) is 0 Å². The third-order valence-electron chi connectivity index (χ3n) is 7.71. The second-order valence-corrected chi connectivity index (χ2v) is 11.0. The number of alkyl halides is 2. The Bertz CT molecular complexity index is 1010. The van der Waals surface area contributed by atoms with Crippen LogP contribution in [-0.2, 0) is 23.5 Å². The number of halogens is 4. The van der Waals surface area contributed by atoms with Crippen LogP contribution in [0.1, 0.15) is 108 Å². The SMILES string of the molecule is CCCCCOCCCCCC1CCc2cc(-c3ccc(CC(C)CCCC)c(F)n3)nc(F)c2C1(F)F. The molecule has 0 N–H and O–H groups in total. The van der Waals surface area contributed by atoms with Gasteiger partial charge in [0.25, 0.3) is 5.92 Å². The van der Waals surface area contributed by atoms with Gasteiger partial charge < -0.3 is 4.74 Å². The number of aryl methyl sites for hydroxylation is 1. The molecule has 2 aromatic rings. The molecule has 38 heavy (non-hydrogen) atoms. The van der Waals surface area contributed by atoms with Gasteiger partial charge in [0.15, 0.2) is 0 Å². The molecule has 2 aromatic heterocycles. The number of aromatic nitrogens is 2. The molecule has 2 heterocycles. The van der Waals surface area contributed by atoms with E-state index in [-0.39, 0.29) is 23.4 Å². The van der Waals surface area contributed by atoms with Crippen molar-refractivity contribution in [1.29, 1.82) is 0 Å². The third kappa shape index (κ3) is 8.24. The highest BCUT2D eigenvalue weighted by Crippen LogP contribution is 2.47. The van der Waals surface area contributed by atoms with Crippen molar-refractivity contribution in [2.24, 2.45) is 11.8 Å².